The van der Waals surface area contributed by atoms with Crippen LogP contribution >= 0.6 is 0 Å². The number of nitrogens with two attached hydrogens (primary N) is 1. The van der Waals surface area contributed by atoms with Crippen LogP contribution in [0.4, 0.5) is 11.4 Å². The van der Waals surface area contributed by atoms with Gasteiger partial charge < -0.3 is 20.7 Å². The van der Waals surface area contributed by atoms with Crippen molar-refractivity contribution in [1.82, 2.24) is 4.57 Å². The highest BCUT2D eigenvalue weighted by atomic mass is 16.3. The summed E-state index contributed by atoms with van der Waals surface area (Å²) in [5.74, 6) is 0.500. The summed E-state index contributed by atoms with van der Waals surface area (Å²) in [7, 11) is 0. The van der Waals surface area contributed by atoms with Gasteiger partial charge in [-0.15, -0.1) is 0 Å². The van der Waals surface area contributed by atoms with Crippen LogP contribution in [-0.4, -0.2) is 15.6 Å². The van der Waals surface area contributed by atoms with Crippen molar-refractivity contribution in [3.05, 3.63) is 42.5 Å². The number of nitrogens with one attached hydrogen (secondary N) is 1. The second-order valence-electron chi connectivity index (χ2n) is 7.26. The standard InChI is InChI=1S/C22H25N3O2/c1-2-25-19-13-17(26)11-12-18(19)20(23)21(25)14-7-9-16(10-8-14)24-22(27)15-5-3-4-6-15/h7-13,15,26H,2-6,23H2,1H3,(H,24,27). The first kappa shape index (κ1) is 17.5. The van der Waals surface area contributed by atoms with Crippen LogP contribution in [0.5, 0.6) is 5.75 Å². The van der Waals surface area contributed by atoms with Crippen molar-refractivity contribution in [2.75, 3.05) is 11.1 Å². The summed E-state index contributed by atoms with van der Waals surface area (Å²) in [5, 5.41) is 13.8. The Kier molecular flexibility index (Phi) is 4.52. The monoisotopic (exact) mass is 363 g/mol. The number of phenols is 1. The number of rotatable bonds is 4. The lowest BCUT2D eigenvalue weighted by Crippen LogP contribution is -2.20. The predicted molar refractivity (Wildman–Crippen MR) is 110 cm³/mol. The first-order chi connectivity index (χ1) is 13.1. The van der Waals surface area contributed by atoms with Gasteiger partial charge in [-0.2, -0.15) is 0 Å². The fourth-order valence-corrected chi connectivity index (χ4v) is 4.15. The van der Waals surface area contributed by atoms with Gasteiger partial charge in [0.1, 0.15) is 5.75 Å². The van der Waals surface area contributed by atoms with Crippen LogP contribution < -0.4 is 11.1 Å². The van der Waals surface area contributed by atoms with Gasteiger partial charge in [0.15, 0.2) is 0 Å². The van der Waals surface area contributed by atoms with Gasteiger partial charge in [0.2, 0.25) is 5.91 Å². The molecule has 140 valence electrons. The molecule has 0 saturated heterocycles. The van der Waals surface area contributed by atoms with E-state index >= 15 is 0 Å². The molecule has 0 unspecified atom stereocenters. The van der Waals surface area contributed by atoms with Crippen LogP contribution in [0.2, 0.25) is 0 Å². The van der Waals surface area contributed by atoms with E-state index < -0.39 is 0 Å². The minimum absolute atomic E-state index is 0.123. The number of benzene rings is 2. The Bertz CT molecular complexity index is 983. The predicted octanol–water partition coefficient (Wildman–Crippen LogP) is 4.74. The van der Waals surface area contributed by atoms with Crippen molar-refractivity contribution < 1.29 is 9.90 Å². The van der Waals surface area contributed by atoms with E-state index in [1.807, 2.05) is 30.3 Å². The maximum absolute atomic E-state index is 12.3. The third-order valence-electron chi connectivity index (χ3n) is 5.56. The number of aryl methyl sites for hydroxylation is 1. The molecule has 1 amide bonds. The third kappa shape index (κ3) is 3.14. The molecule has 3 aromatic rings. The van der Waals surface area contributed by atoms with Crippen LogP contribution in [0.25, 0.3) is 22.2 Å². The SMILES string of the molecule is CCn1c(-c2ccc(NC(=O)C3CCCC3)cc2)c(N)c2ccc(O)cc21. The number of phenolic OH excluding ortho intramolecular Hbond substituents is 1. The van der Waals surface area contributed by atoms with E-state index in [0.29, 0.717) is 5.69 Å². The average molecular weight is 363 g/mol. The highest BCUT2D eigenvalue weighted by Gasteiger charge is 2.22. The number of nitrogens with zero attached hydrogens (tertiary/aromatic N) is 1. The molecule has 1 aliphatic rings. The quantitative estimate of drug-likeness (QED) is 0.626. The molecule has 1 aliphatic carbocycles. The molecule has 4 rings (SSSR count). The zero-order chi connectivity index (χ0) is 19.0. The molecule has 0 radical (unpaired) electrons. The molecule has 2 aromatic carbocycles. The lowest BCUT2D eigenvalue weighted by atomic mass is 10.1. The minimum Gasteiger partial charge on any atom is -0.508 e. The highest BCUT2D eigenvalue weighted by Crippen LogP contribution is 2.37. The van der Waals surface area contributed by atoms with Gasteiger partial charge in [-0.25, -0.2) is 0 Å². The number of aromatic hydroxyl groups is 1. The summed E-state index contributed by atoms with van der Waals surface area (Å²) in [6, 6.07) is 13.1. The number of anilines is 2. The summed E-state index contributed by atoms with van der Waals surface area (Å²) in [6.07, 6.45) is 4.27. The largest absolute Gasteiger partial charge is 0.508 e. The first-order valence-corrected chi connectivity index (χ1v) is 9.60. The lowest BCUT2D eigenvalue weighted by Gasteiger charge is -2.12. The van der Waals surface area contributed by atoms with Gasteiger partial charge >= 0.3 is 0 Å². The van der Waals surface area contributed by atoms with Gasteiger partial charge in [-0.1, -0.05) is 25.0 Å². The van der Waals surface area contributed by atoms with Crippen molar-refractivity contribution in [2.24, 2.45) is 5.92 Å². The number of carbonyl (C=O) groups excluding carboxylic acids is 1. The molecule has 4 N–H and O–H groups in total. The summed E-state index contributed by atoms with van der Waals surface area (Å²) in [4.78, 5) is 12.3. The molecule has 27 heavy (non-hydrogen) atoms. The fraction of sp³-hybridized carbons (Fsp3) is 0.318. The Hall–Kier alpha value is -2.95. The first-order valence-electron chi connectivity index (χ1n) is 9.60. The smallest absolute Gasteiger partial charge is 0.227 e. The molecule has 1 fully saturated rings. The number of aromatic nitrogens is 1. The Morgan fingerprint density at radius 1 is 1.19 bits per heavy atom. The van der Waals surface area contributed by atoms with Crippen molar-refractivity contribution in [3.8, 4) is 17.0 Å². The zero-order valence-corrected chi connectivity index (χ0v) is 15.5. The molecule has 5 nitrogen and oxygen atoms in total. The van der Waals surface area contributed by atoms with E-state index in [-0.39, 0.29) is 17.6 Å². The molecular formula is C22H25N3O2. The summed E-state index contributed by atoms with van der Waals surface area (Å²) < 4.78 is 2.11. The number of amides is 1. The Morgan fingerprint density at radius 3 is 2.56 bits per heavy atom. The van der Waals surface area contributed by atoms with Crippen LogP contribution in [0, 0.1) is 5.92 Å². The normalized spacial score (nSPS) is 14.7. The van der Waals surface area contributed by atoms with E-state index in [9.17, 15) is 9.90 Å². The molecule has 0 aliphatic heterocycles. The molecule has 0 atom stereocenters. The Morgan fingerprint density at radius 2 is 1.89 bits per heavy atom. The second kappa shape index (κ2) is 6.99. The van der Waals surface area contributed by atoms with E-state index in [0.717, 1.165) is 60.1 Å². The highest BCUT2D eigenvalue weighted by molar-refractivity contribution is 6.01. The number of hydrogen-bond acceptors (Lipinski definition) is 3. The lowest BCUT2D eigenvalue weighted by molar-refractivity contribution is -0.119. The molecule has 1 heterocycles. The maximum Gasteiger partial charge on any atom is 0.227 e. The Balaban J connectivity index is 1.66. The van der Waals surface area contributed by atoms with Crippen LogP contribution in [0.15, 0.2) is 42.5 Å². The van der Waals surface area contributed by atoms with Gasteiger partial charge in [-0.05, 0) is 44.0 Å². The number of carbonyl (C=O) groups is 1. The molecular weight excluding hydrogens is 338 g/mol. The maximum atomic E-state index is 12.3. The summed E-state index contributed by atoms with van der Waals surface area (Å²) in [6.45, 7) is 2.80. The topological polar surface area (TPSA) is 80.3 Å². The minimum atomic E-state index is 0.123. The summed E-state index contributed by atoms with van der Waals surface area (Å²) >= 11 is 0. The number of nitrogen functional groups attached to an aromatic ring is 1. The third-order valence-corrected chi connectivity index (χ3v) is 5.56. The molecule has 1 saturated carbocycles. The van der Waals surface area contributed by atoms with Crippen molar-refractivity contribution in [3.63, 3.8) is 0 Å². The van der Waals surface area contributed by atoms with Gasteiger partial charge in [0.05, 0.1) is 16.9 Å². The van der Waals surface area contributed by atoms with Crippen molar-refractivity contribution in [2.45, 2.75) is 39.2 Å². The molecule has 5 heteroatoms. The van der Waals surface area contributed by atoms with E-state index in [2.05, 4.69) is 16.8 Å². The summed E-state index contributed by atoms with van der Waals surface area (Å²) in [5.41, 5.74) is 10.8. The number of fused-ring (bicyclic) bond motifs is 1. The molecule has 0 bridgehead atoms. The molecule has 0 spiro atoms. The van der Waals surface area contributed by atoms with Gasteiger partial charge in [0, 0.05) is 35.2 Å². The van der Waals surface area contributed by atoms with E-state index in [1.165, 1.54) is 0 Å². The van der Waals surface area contributed by atoms with Crippen LogP contribution in [-0.2, 0) is 11.3 Å². The zero-order valence-electron chi connectivity index (χ0n) is 15.5. The van der Waals surface area contributed by atoms with E-state index in [4.69, 9.17) is 5.73 Å². The van der Waals surface area contributed by atoms with Gasteiger partial charge in [0.25, 0.3) is 0 Å². The second-order valence-corrected chi connectivity index (χ2v) is 7.26. The molecule has 1 aromatic heterocycles. The van der Waals surface area contributed by atoms with Crippen LogP contribution in [0.3, 0.4) is 0 Å². The van der Waals surface area contributed by atoms with Crippen molar-refractivity contribution in [1.29, 1.82) is 0 Å². The average Bonchev–Trinajstić information content (AvgIpc) is 3.29. The van der Waals surface area contributed by atoms with Crippen LogP contribution in [0.1, 0.15) is 32.6 Å². The van der Waals surface area contributed by atoms with Crippen molar-refractivity contribution >= 4 is 28.2 Å². The van der Waals surface area contributed by atoms with Gasteiger partial charge in [-0.3, -0.25) is 4.79 Å². The fourth-order valence-electron chi connectivity index (χ4n) is 4.15. The number of hydrogen-bond donors (Lipinski definition) is 3. The van der Waals surface area contributed by atoms with E-state index in [1.54, 1.807) is 12.1 Å². The Labute approximate surface area is 158 Å².